The van der Waals surface area contributed by atoms with Crippen molar-refractivity contribution in [3.8, 4) is 5.88 Å². The molecule has 1 unspecified atom stereocenters. The highest BCUT2D eigenvalue weighted by Gasteiger charge is 2.32. The molecule has 2 heterocycles. The van der Waals surface area contributed by atoms with Crippen LogP contribution in [0.4, 0.5) is 5.69 Å². The summed E-state index contributed by atoms with van der Waals surface area (Å²) in [5.41, 5.74) is -0.651. The minimum atomic E-state index is -0.684. The summed E-state index contributed by atoms with van der Waals surface area (Å²) in [7, 11) is 2.85. The van der Waals surface area contributed by atoms with Crippen LogP contribution < -0.4 is 4.74 Å². The fraction of sp³-hybridized carbons (Fsp3) is 0.429. The van der Waals surface area contributed by atoms with Gasteiger partial charge < -0.3 is 14.1 Å². The molecule has 2 aromatic heterocycles. The molecule has 0 aliphatic rings. The summed E-state index contributed by atoms with van der Waals surface area (Å²) in [6.07, 6.45) is 2.92. The Morgan fingerprint density at radius 3 is 2.91 bits per heavy atom. The van der Waals surface area contributed by atoms with Crippen LogP contribution in [-0.2, 0) is 6.42 Å². The molecule has 23 heavy (non-hydrogen) atoms. The molecule has 0 fully saturated rings. The van der Waals surface area contributed by atoms with Gasteiger partial charge in [0.25, 0.3) is 5.91 Å². The number of hydrogen-bond acceptors (Lipinski definition) is 6. The average molecular weight is 322 g/mol. The van der Waals surface area contributed by atoms with Gasteiger partial charge in [0.05, 0.1) is 18.3 Å². The average Bonchev–Trinajstić information content (AvgIpc) is 3.19. The lowest BCUT2D eigenvalue weighted by atomic mass is 10.1. The first kappa shape index (κ1) is 16.5. The minimum absolute atomic E-state index is 0.138. The van der Waals surface area contributed by atoms with Crippen molar-refractivity contribution >= 4 is 11.6 Å². The predicted molar refractivity (Wildman–Crippen MR) is 80.4 cm³/mol. The van der Waals surface area contributed by atoms with E-state index in [4.69, 9.17) is 9.15 Å². The fourth-order valence-electron chi connectivity index (χ4n) is 2.16. The van der Waals surface area contributed by atoms with Gasteiger partial charge in [-0.2, -0.15) is 0 Å². The highest BCUT2D eigenvalue weighted by molar-refractivity contribution is 5.97. The second-order valence-electron chi connectivity index (χ2n) is 5.10. The van der Waals surface area contributed by atoms with Crippen LogP contribution in [-0.4, -0.2) is 46.1 Å². The van der Waals surface area contributed by atoms with Gasteiger partial charge in [0.2, 0.25) is 5.69 Å². The van der Waals surface area contributed by atoms with Gasteiger partial charge in [-0.3, -0.25) is 20.0 Å². The molecule has 2 rings (SSSR count). The molecule has 1 N–H and O–H groups in total. The number of hydrogen-bond donors (Lipinski definition) is 1. The molecule has 124 valence electrons. The molecule has 0 aromatic carbocycles. The van der Waals surface area contributed by atoms with Crippen LogP contribution in [0.3, 0.4) is 0 Å². The number of aromatic amines is 1. The highest BCUT2D eigenvalue weighted by Crippen LogP contribution is 2.28. The lowest BCUT2D eigenvalue weighted by Gasteiger charge is -2.23. The van der Waals surface area contributed by atoms with Crippen LogP contribution in [0.25, 0.3) is 0 Å². The number of nitrogens with one attached hydrogen (secondary N) is 1. The number of furan rings is 1. The van der Waals surface area contributed by atoms with Gasteiger partial charge >= 0.3 is 11.6 Å². The Labute approximate surface area is 132 Å². The van der Waals surface area contributed by atoms with Crippen LogP contribution in [0, 0.1) is 10.1 Å². The summed E-state index contributed by atoms with van der Waals surface area (Å²) in [5.74, 6) is 0.0984. The third kappa shape index (κ3) is 3.50. The van der Waals surface area contributed by atoms with Crippen LogP contribution in [0.15, 0.2) is 22.8 Å². The number of amides is 1. The number of aryl methyl sites for hydroxylation is 1. The van der Waals surface area contributed by atoms with E-state index in [1.165, 1.54) is 12.0 Å². The van der Waals surface area contributed by atoms with Crippen molar-refractivity contribution in [2.45, 2.75) is 25.8 Å². The molecule has 9 nitrogen and oxygen atoms in total. The number of carbonyl (C=O) groups is 1. The maximum absolute atomic E-state index is 12.5. The molecule has 0 radical (unpaired) electrons. The molecule has 0 bridgehead atoms. The zero-order valence-electron chi connectivity index (χ0n) is 13.1. The summed E-state index contributed by atoms with van der Waals surface area (Å²) in [5, 5.41) is 17.2. The maximum Gasteiger partial charge on any atom is 0.362 e. The molecule has 2 aromatic rings. The fourth-order valence-corrected chi connectivity index (χ4v) is 2.16. The van der Waals surface area contributed by atoms with Gasteiger partial charge in [-0.15, -0.1) is 5.10 Å². The first-order valence-corrected chi connectivity index (χ1v) is 7.02. The van der Waals surface area contributed by atoms with E-state index in [1.54, 1.807) is 19.4 Å². The molecular weight excluding hydrogens is 304 g/mol. The predicted octanol–water partition coefficient (Wildman–Crippen LogP) is 2.01. The third-order valence-corrected chi connectivity index (χ3v) is 3.67. The highest BCUT2D eigenvalue weighted by atomic mass is 16.6. The molecular formula is C14H18N4O5. The molecule has 1 amide bonds. The number of rotatable bonds is 7. The number of aromatic nitrogens is 2. The Balaban J connectivity index is 2.09. The molecule has 0 aliphatic heterocycles. The Hall–Kier alpha value is -2.84. The summed E-state index contributed by atoms with van der Waals surface area (Å²) >= 11 is 0. The van der Waals surface area contributed by atoms with E-state index in [1.807, 2.05) is 13.0 Å². The standard InChI is InChI=1S/C14H18N4O5/c1-9(6-7-10-5-4-8-23-10)17(2)14(19)11-12(18(20)21)13(22-3)16-15-11/h4-5,8-9H,6-7H2,1-3H3,(H,15,16). The molecule has 9 heteroatoms. The number of carbonyl (C=O) groups excluding carboxylic acids is 1. The Bertz CT molecular complexity index is 679. The van der Waals surface area contributed by atoms with Gasteiger partial charge in [0, 0.05) is 19.5 Å². The summed E-state index contributed by atoms with van der Waals surface area (Å²) in [6, 6.07) is 3.52. The first-order chi connectivity index (χ1) is 11.0. The van der Waals surface area contributed by atoms with E-state index in [0.717, 1.165) is 5.76 Å². The molecule has 0 spiro atoms. The van der Waals surface area contributed by atoms with E-state index in [9.17, 15) is 14.9 Å². The first-order valence-electron chi connectivity index (χ1n) is 7.02. The Morgan fingerprint density at radius 1 is 1.61 bits per heavy atom. The van der Waals surface area contributed by atoms with Gasteiger partial charge in [0.1, 0.15) is 5.76 Å². The van der Waals surface area contributed by atoms with E-state index < -0.39 is 16.5 Å². The van der Waals surface area contributed by atoms with Gasteiger partial charge in [0.15, 0.2) is 0 Å². The topological polar surface area (TPSA) is 114 Å². The van der Waals surface area contributed by atoms with E-state index in [0.29, 0.717) is 12.8 Å². The summed E-state index contributed by atoms with van der Waals surface area (Å²) in [6.45, 7) is 1.86. The Morgan fingerprint density at radius 2 is 2.35 bits per heavy atom. The molecule has 0 saturated heterocycles. The van der Waals surface area contributed by atoms with E-state index >= 15 is 0 Å². The van der Waals surface area contributed by atoms with E-state index in [2.05, 4.69) is 10.2 Å². The van der Waals surface area contributed by atoms with Crippen molar-refractivity contribution in [1.29, 1.82) is 0 Å². The largest absolute Gasteiger partial charge is 0.475 e. The zero-order chi connectivity index (χ0) is 17.0. The van der Waals surface area contributed by atoms with Crippen molar-refractivity contribution in [2.75, 3.05) is 14.2 Å². The van der Waals surface area contributed by atoms with Crippen LogP contribution in [0.1, 0.15) is 29.6 Å². The van der Waals surface area contributed by atoms with Gasteiger partial charge in [-0.25, -0.2) is 0 Å². The monoisotopic (exact) mass is 322 g/mol. The van der Waals surface area contributed by atoms with Crippen molar-refractivity contribution in [2.24, 2.45) is 0 Å². The van der Waals surface area contributed by atoms with Crippen molar-refractivity contribution < 1.29 is 18.9 Å². The van der Waals surface area contributed by atoms with Gasteiger partial charge in [-0.1, -0.05) is 0 Å². The number of nitrogens with zero attached hydrogens (tertiary/aromatic N) is 3. The smallest absolute Gasteiger partial charge is 0.362 e. The Kier molecular flexibility index (Phi) is 4.99. The summed E-state index contributed by atoms with van der Waals surface area (Å²) < 4.78 is 10.1. The number of ether oxygens (including phenoxy) is 1. The summed E-state index contributed by atoms with van der Waals surface area (Å²) in [4.78, 5) is 24.3. The lowest BCUT2D eigenvalue weighted by Crippen LogP contribution is -2.36. The molecule has 1 atom stereocenters. The number of H-pyrrole nitrogens is 1. The number of methoxy groups -OCH3 is 1. The van der Waals surface area contributed by atoms with Crippen molar-refractivity contribution in [3.63, 3.8) is 0 Å². The zero-order valence-corrected chi connectivity index (χ0v) is 13.1. The second kappa shape index (κ2) is 6.95. The second-order valence-corrected chi connectivity index (χ2v) is 5.10. The van der Waals surface area contributed by atoms with E-state index in [-0.39, 0.29) is 17.6 Å². The van der Waals surface area contributed by atoms with Crippen LogP contribution >= 0.6 is 0 Å². The van der Waals surface area contributed by atoms with Gasteiger partial charge in [-0.05, 0) is 25.5 Å². The normalized spacial score (nSPS) is 12.0. The van der Waals surface area contributed by atoms with Crippen molar-refractivity contribution in [3.05, 3.63) is 40.0 Å². The minimum Gasteiger partial charge on any atom is -0.475 e. The van der Waals surface area contributed by atoms with Crippen LogP contribution in [0.5, 0.6) is 5.88 Å². The maximum atomic E-state index is 12.5. The lowest BCUT2D eigenvalue weighted by molar-refractivity contribution is -0.386. The van der Waals surface area contributed by atoms with Crippen LogP contribution in [0.2, 0.25) is 0 Å². The number of nitro groups is 1. The SMILES string of the molecule is COc1n[nH]c(C(=O)N(C)C(C)CCc2ccco2)c1[N+](=O)[O-]. The third-order valence-electron chi connectivity index (χ3n) is 3.67. The quantitative estimate of drug-likeness (QED) is 0.616. The van der Waals surface area contributed by atoms with Crippen molar-refractivity contribution in [1.82, 2.24) is 15.1 Å². The molecule has 0 saturated carbocycles. The molecule has 0 aliphatic carbocycles.